The second kappa shape index (κ2) is 43.7. The van der Waals surface area contributed by atoms with Crippen molar-refractivity contribution in [3.63, 3.8) is 0 Å². The molecule has 0 aliphatic carbocycles. The van der Waals surface area contributed by atoms with Gasteiger partial charge in [0.1, 0.15) is 0 Å². The SMILES string of the molecule is C[S-].[CH3-].[Ni+2]. The first-order chi connectivity index (χ1) is 1.00. The second-order valence-electron chi connectivity index (χ2n) is 0. The monoisotopic (exact) mass is 120 g/mol. The van der Waals surface area contributed by atoms with Crippen LogP contribution in [-0.4, -0.2) is 6.26 Å². The Hall–Kier alpha value is 0.844. The molecule has 0 aliphatic heterocycles. The van der Waals surface area contributed by atoms with E-state index < -0.39 is 0 Å². The van der Waals surface area contributed by atoms with Crippen LogP contribution in [0.25, 0.3) is 0 Å². The maximum Gasteiger partial charge on any atom is 2.00 e. The summed E-state index contributed by atoms with van der Waals surface area (Å²) in [6, 6.07) is 0. The molecular weight excluding hydrogens is 115 g/mol. The van der Waals surface area contributed by atoms with Gasteiger partial charge in [-0.2, -0.15) is 6.26 Å². The molecule has 0 saturated heterocycles. The quantitative estimate of drug-likeness (QED) is 0.257. The van der Waals surface area contributed by atoms with Gasteiger partial charge in [-0.05, 0) is 0 Å². The molecular formula is C2H6NiS. The van der Waals surface area contributed by atoms with E-state index in [0.29, 0.717) is 0 Å². The van der Waals surface area contributed by atoms with Crippen molar-refractivity contribution in [1.82, 2.24) is 0 Å². The zero-order valence-corrected chi connectivity index (χ0v) is 4.53. The van der Waals surface area contributed by atoms with Gasteiger partial charge < -0.3 is 20.1 Å². The predicted molar refractivity (Wildman–Crippen MR) is 19.7 cm³/mol. The van der Waals surface area contributed by atoms with Crippen molar-refractivity contribution in [2.75, 3.05) is 6.26 Å². The molecule has 0 fully saturated rings. The molecule has 0 spiro atoms. The number of rotatable bonds is 0. The van der Waals surface area contributed by atoms with Crippen LogP contribution in [0.1, 0.15) is 0 Å². The minimum atomic E-state index is 0. The normalized spacial score (nSPS) is 1.50. The molecule has 0 aliphatic rings. The first-order valence-corrected chi connectivity index (χ1v) is 1.22. The topological polar surface area (TPSA) is 0 Å². The van der Waals surface area contributed by atoms with Crippen LogP contribution in [0.3, 0.4) is 0 Å². The molecule has 0 saturated carbocycles. The van der Waals surface area contributed by atoms with Gasteiger partial charge in [-0.3, -0.25) is 0 Å². The standard InChI is InChI=1S/CH4S.CH3.Ni/c1-2;;/h2H,1H3;1H3;/q;-1;+2/p-1. The van der Waals surface area contributed by atoms with Gasteiger partial charge in [-0.25, -0.2) is 0 Å². The van der Waals surface area contributed by atoms with Crippen LogP contribution in [0.5, 0.6) is 0 Å². The van der Waals surface area contributed by atoms with Crippen LogP contribution in [0, 0.1) is 7.43 Å². The molecule has 4 heavy (non-hydrogen) atoms. The molecule has 0 aromatic rings. The summed E-state index contributed by atoms with van der Waals surface area (Å²) < 4.78 is 0. The van der Waals surface area contributed by atoms with E-state index >= 15 is 0 Å². The van der Waals surface area contributed by atoms with E-state index in [1.807, 2.05) is 0 Å². The van der Waals surface area contributed by atoms with Crippen LogP contribution in [-0.2, 0) is 29.1 Å². The summed E-state index contributed by atoms with van der Waals surface area (Å²) in [5, 5.41) is 0. The largest absolute Gasteiger partial charge is 2.00 e. The summed E-state index contributed by atoms with van der Waals surface area (Å²) in [5.74, 6) is 0. The van der Waals surface area contributed by atoms with E-state index in [2.05, 4.69) is 12.6 Å². The summed E-state index contributed by atoms with van der Waals surface area (Å²) in [6.45, 7) is 0. The summed E-state index contributed by atoms with van der Waals surface area (Å²) in [5.41, 5.74) is 0. The molecule has 0 aromatic carbocycles. The average Bonchev–Trinajstić information content (AvgIpc) is 1.00. The van der Waals surface area contributed by atoms with Gasteiger partial charge in [-0.15, -0.1) is 0 Å². The first-order valence-electron chi connectivity index (χ1n) is 0.408. The van der Waals surface area contributed by atoms with Gasteiger partial charge in [0.05, 0.1) is 0 Å². The molecule has 0 atom stereocenters. The van der Waals surface area contributed by atoms with Crippen molar-refractivity contribution in [2.24, 2.45) is 0 Å². The van der Waals surface area contributed by atoms with Crippen molar-refractivity contribution in [3.8, 4) is 0 Å². The smallest absolute Gasteiger partial charge is 0.796 e. The van der Waals surface area contributed by atoms with Gasteiger partial charge >= 0.3 is 16.5 Å². The Labute approximate surface area is 43.3 Å². The average molecular weight is 121 g/mol. The Morgan fingerprint density at radius 1 is 1.25 bits per heavy atom. The van der Waals surface area contributed by atoms with E-state index in [0.717, 1.165) is 0 Å². The van der Waals surface area contributed by atoms with Gasteiger partial charge in [-0.1, -0.05) is 0 Å². The maximum absolute atomic E-state index is 4.08. The molecule has 0 amide bonds. The Bertz CT molecular complexity index is 6.00. The molecule has 30 valence electrons. The molecule has 0 nitrogen and oxygen atoms in total. The predicted octanol–water partition coefficient (Wildman–Crippen LogP) is 0.611. The van der Waals surface area contributed by atoms with Crippen LogP contribution in [0.2, 0.25) is 0 Å². The molecule has 2 heteroatoms. The van der Waals surface area contributed by atoms with E-state index in [9.17, 15) is 0 Å². The molecule has 0 heterocycles. The van der Waals surface area contributed by atoms with Crippen molar-refractivity contribution in [1.29, 1.82) is 0 Å². The molecule has 0 radical (unpaired) electrons. The van der Waals surface area contributed by atoms with Crippen molar-refractivity contribution in [2.45, 2.75) is 0 Å². The maximum atomic E-state index is 4.08. The number of hydrogen-bond acceptors (Lipinski definition) is 1. The third-order valence-corrected chi connectivity index (χ3v) is 0. The fourth-order valence-electron chi connectivity index (χ4n) is 0. The van der Waals surface area contributed by atoms with Gasteiger partial charge in [0.2, 0.25) is 0 Å². The Balaban J connectivity index is -0.00000000500. The molecule has 0 bridgehead atoms. The van der Waals surface area contributed by atoms with Gasteiger partial charge in [0.15, 0.2) is 0 Å². The molecule has 0 unspecified atom stereocenters. The van der Waals surface area contributed by atoms with Crippen LogP contribution < -0.4 is 0 Å². The zero-order valence-electron chi connectivity index (χ0n) is 2.72. The van der Waals surface area contributed by atoms with Gasteiger partial charge in [0.25, 0.3) is 0 Å². The van der Waals surface area contributed by atoms with Crippen molar-refractivity contribution in [3.05, 3.63) is 7.43 Å². The van der Waals surface area contributed by atoms with E-state index in [-0.39, 0.29) is 23.9 Å². The molecule has 0 rings (SSSR count). The van der Waals surface area contributed by atoms with Crippen molar-refractivity contribution >= 4 is 12.6 Å². The van der Waals surface area contributed by atoms with E-state index in [1.165, 1.54) is 0 Å². The summed E-state index contributed by atoms with van der Waals surface area (Å²) >= 11 is 4.08. The molecule has 0 aromatic heterocycles. The third-order valence-electron chi connectivity index (χ3n) is 0. The summed E-state index contributed by atoms with van der Waals surface area (Å²) in [4.78, 5) is 0. The van der Waals surface area contributed by atoms with Crippen LogP contribution in [0.15, 0.2) is 0 Å². The van der Waals surface area contributed by atoms with E-state index in [4.69, 9.17) is 0 Å². The van der Waals surface area contributed by atoms with Crippen LogP contribution in [0.4, 0.5) is 0 Å². The molecule has 0 N–H and O–H groups in total. The second-order valence-corrected chi connectivity index (χ2v) is 0. The summed E-state index contributed by atoms with van der Waals surface area (Å²) in [7, 11) is 0. The van der Waals surface area contributed by atoms with Crippen LogP contribution >= 0.6 is 0 Å². The van der Waals surface area contributed by atoms with Crippen molar-refractivity contribution < 1.29 is 16.5 Å². The summed E-state index contributed by atoms with van der Waals surface area (Å²) in [6.07, 6.45) is 1.58. The minimum Gasteiger partial charge on any atom is -0.796 e. The Morgan fingerprint density at radius 2 is 1.25 bits per heavy atom. The first kappa shape index (κ1) is 21.1. The fourth-order valence-corrected chi connectivity index (χ4v) is 0. The zero-order chi connectivity index (χ0) is 2.00. The number of hydrogen-bond donors (Lipinski definition) is 0. The van der Waals surface area contributed by atoms with E-state index in [1.54, 1.807) is 6.26 Å². The fraction of sp³-hybridized carbons (Fsp3) is 0.500. The Kier molecular flexibility index (Phi) is 230. The Morgan fingerprint density at radius 3 is 1.25 bits per heavy atom. The third kappa shape index (κ3) is 13.6. The van der Waals surface area contributed by atoms with Gasteiger partial charge in [0, 0.05) is 0 Å². The minimum absolute atomic E-state index is 0.